The highest BCUT2D eigenvalue weighted by atomic mass is 19.4. The largest absolute Gasteiger partial charge is 0.494 e. The summed E-state index contributed by atoms with van der Waals surface area (Å²) in [7, 11) is 0. The van der Waals surface area contributed by atoms with Crippen LogP contribution < -0.4 is 10.1 Å². The molecule has 0 spiro atoms. The van der Waals surface area contributed by atoms with Gasteiger partial charge in [-0.05, 0) is 43.2 Å². The third-order valence-corrected chi connectivity index (χ3v) is 3.78. The Balaban J connectivity index is 1.89. The maximum atomic E-state index is 12.8. The minimum absolute atomic E-state index is 0.0683. The van der Waals surface area contributed by atoms with Crippen molar-refractivity contribution in [2.45, 2.75) is 25.6 Å². The first-order chi connectivity index (χ1) is 10.5. The number of alkyl halides is 3. The summed E-state index contributed by atoms with van der Waals surface area (Å²) in [6, 6.07) is 11.4. The van der Waals surface area contributed by atoms with Crippen LogP contribution in [0.4, 0.5) is 18.9 Å². The summed E-state index contributed by atoms with van der Waals surface area (Å²) in [5.74, 6) is 0.770. The number of rotatable bonds is 3. The van der Waals surface area contributed by atoms with Gasteiger partial charge in [-0.15, -0.1) is 0 Å². The Hall–Kier alpha value is -2.17. The van der Waals surface area contributed by atoms with E-state index in [-0.39, 0.29) is 6.04 Å². The fourth-order valence-corrected chi connectivity index (χ4v) is 2.78. The third kappa shape index (κ3) is 2.75. The van der Waals surface area contributed by atoms with Gasteiger partial charge in [0.2, 0.25) is 0 Å². The topological polar surface area (TPSA) is 21.3 Å². The molecule has 5 heteroatoms. The van der Waals surface area contributed by atoms with Gasteiger partial charge in [0.25, 0.3) is 0 Å². The second kappa shape index (κ2) is 5.55. The monoisotopic (exact) mass is 307 g/mol. The van der Waals surface area contributed by atoms with Gasteiger partial charge in [-0.25, -0.2) is 0 Å². The van der Waals surface area contributed by atoms with Crippen molar-refractivity contribution in [1.82, 2.24) is 0 Å². The Morgan fingerprint density at radius 1 is 1.18 bits per heavy atom. The number of hydrogen-bond donors (Lipinski definition) is 1. The number of nitrogens with one attached hydrogen (secondary N) is 1. The standard InChI is InChI=1S/C17H16F3NO/c1-2-22-16-6-4-3-5-13(16)15-10-11-9-12(17(18,19)20)7-8-14(11)21-15/h3-9,15,21H,2,10H2,1H3. The molecule has 0 aromatic heterocycles. The summed E-state index contributed by atoms with van der Waals surface area (Å²) in [6.45, 7) is 2.46. The van der Waals surface area contributed by atoms with E-state index < -0.39 is 11.7 Å². The number of ether oxygens (including phenoxy) is 1. The van der Waals surface area contributed by atoms with Gasteiger partial charge in [0.1, 0.15) is 5.75 Å². The normalized spacial score (nSPS) is 17.0. The minimum atomic E-state index is -4.31. The van der Waals surface area contributed by atoms with E-state index in [1.54, 1.807) is 0 Å². The van der Waals surface area contributed by atoms with Crippen LogP contribution in [0, 0.1) is 0 Å². The van der Waals surface area contributed by atoms with E-state index >= 15 is 0 Å². The van der Waals surface area contributed by atoms with Crippen molar-refractivity contribution in [2.75, 3.05) is 11.9 Å². The summed E-state index contributed by atoms with van der Waals surface area (Å²) in [5, 5.41) is 3.28. The van der Waals surface area contributed by atoms with E-state index in [0.29, 0.717) is 18.6 Å². The average Bonchev–Trinajstić information content (AvgIpc) is 2.90. The van der Waals surface area contributed by atoms with Crippen molar-refractivity contribution in [3.63, 3.8) is 0 Å². The molecule has 0 amide bonds. The van der Waals surface area contributed by atoms with Crippen LogP contribution in [0.5, 0.6) is 5.75 Å². The fourth-order valence-electron chi connectivity index (χ4n) is 2.78. The third-order valence-electron chi connectivity index (χ3n) is 3.78. The second-order valence-electron chi connectivity index (χ2n) is 5.24. The van der Waals surface area contributed by atoms with Gasteiger partial charge in [-0.2, -0.15) is 13.2 Å². The van der Waals surface area contributed by atoms with E-state index in [1.807, 2.05) is 31.2 Å². The van der Waals surface area contributed by atoms with Gasteiger partial charge in [-0.3, -0.25) is 0 Å². The molecule has 2 nitrogen and oxygen atoms in total. The van der Waals surface area contributed by atoms with E-state index in [0.717, 1.165) is 23.1 Å². The Kier molecular flexibility index (Phi) is 3.72. The quantitative estimate of drug-likeness (QED) is 0.878. The van der Waals surface area contributed by atoms with E-state index in [2.05, 4.69) is 5.32 Å². The highest BCUT2D eigenvalue weighted by Gasteiger charge is 2.33. The molecule has 1 atom stereocenters. The summed E-state index contributed by atoms with van der Waals surface area (Å²) >= 11 is 0. The van der Waals surface area contributed by atoms with Crippen molar-refractivity contribution in [1.29, 1.82) is 0 Å². The lowest BCUT2D eigenvalue weighted by Crippen LogP contribution is -2.08. The number of benzene rings is 2. The molecule has 0 saturated heterocycles. The zero-order chi connectivity index (χ0) is 15.7. The Bertz CT molecular complexity index is 682. The minimum Gasteiger partial charge on any atom is -0.494 e. The van der Waals surface area contributed by atoms with Gasteiger partial charge in [0.15, 0.2) is 0 Å². The summed E-state index contributed by atoms with van der Waals surface area (Å²) in [6.07, 6.45) is -3.79. The van der Waals surface area contributed by atoms with Gasteiger partial charge in [0, 0.05) is 11.3 Å². The highest BCUT2D eigenvalue weighted by molar-refractivity contribution is 5.60. The zero-order valence-electron chi connectivity index (χ0n) is 12.1. The smallest absolute Gasteiger partial charge is 0.416 e. The fraction of sp³-hybridized carbons (Fsp3) is 0.294. The van der Waals surface area contributed by atoms with Crippen LogP contribution in [0.25, 0.3) is 0 Å². The van der Waals surface area contributed by atoms with Crippen LogP contribution in [0.3, 0.4) is 0 Å². The molecule has 1 unspecified atom stereocenters. The van der Waals surface area contributed by atoms with Crippen LogP contribution in [0.1, 0.15) is 29.7 Å². The molecule has 116 valence electrons. The number of halogens is 3. The lowest BCUT2D eigenvalue weighted by Gasteiger charge is -2.16. The number of hydrogen-bond acceptors (Lipinski definition) is 2. The first kappa shape index (κ1) is 14.8. The summed E-state index contributed by atoms with van der Waals surface area (Å²) in [4.78, 5) is 0. The molecule has 0 saturated carbocycles. The van der Waals surface area contributed by atoms with Crippen molar-refractivity contribution < 1.29 is 17.9 Å². The molecule has 0 radical (unpaired) electrons. The molecular weight excluding hydrogens is 291 g/mol. The first-order valence-corrected chi connectivity index (χ1v) is 7.17. The van der Waals surface area contributed by atoms with E-state index in [9.17, 15) is 13.2 Å². The maximum absolute atomic E-state index is 12.8. The van der Waals surface area contributed by atoms with E-state index in [4.69, 9.17) is 4.74 Å². The average molecular weight is 307 g/mol. The Labute approximate surface area is 126 Å². The van der Waals surface area contributed by atoms with Crippen LogP contribution >= 0.6 is 0 Å². The van der Waals surface area contributed by atoms with Crippen LogP contribution in [-0.4, -0.2) is 6.61 Å². The number of fused-ring (bicyclic) bond motifs is 1. The second-order valence-corrected chi connectivity index (χ2v) is 5.24. The van der Waals surface area contributed by atoms with Crippen molar-refractivity contribution in [3.8, 4) is 5.75 Å². The predicted octanol–water partition coefficient (Wildman–Crippen LogP) is 4.81. The molecule has 22 heavy (non-hydrogen) atoms. The van der Waals surface area contributed by atoms with Gasteiger partial charge in [0.05, 0.1) is 18.2 Å². The lowest BCUT2D eigenvalue weighted by molar-refractivity contribution is -0.137. The van der Waals surface area contributed by atoms with Gasteiger partial charge >= 0.3 is 6.18 Å². The number of anilines is 1. The molecule has 0 fully saturated rings. The molecule has 1 N–H and O–H groups in total. The molecule has 2 aromatic rings. The van der Waals surface area contributed by atoms with Crippen LogP contribution in [-0.2, 0) is 12.6 Å². The van der Waals surface area contributed by atoms with Gasteiger partial charge in [-0.1, -0.05) is 18.2 Å². The lowest BCUT2D eigenvalue weighted by atomic mass is 10.0. The van der Waals surface area contributed by atoms with Crippen molar-refractivity contribution in [2.24, 2.45) is 0 Å². The van der Waals surface area contributed by atoms with Crippen molar-refractivity contribution in [3.05, 3.63) is 59.2 Å². The Morgan fingerprint density at radius 2 is 1.95 bits per heavy atom. The molecule has 0 aliphatic carbocycles. The molecule has 3 rings (SSSR count). The van der Waals surface area contributed by atoms with Gasteiger partial charge < -0.3 is 10.1 Å². The SMILES string of the molecule is CCOc1ccccc1C1Cc2cc(C(F)(F)F)ccc2N1. The molecule has 1 aliphatic rings. The molecule has 1 heterocycles. The van der Waals surface area contributed by atoms with Crippen LogP contribution in [0.15, 0.2) is 42.5 Å². The predicted molar refractivity (Wildman–Crippen MR) is 79.1 cm³/mol. The number of para-hydroxylation sites is 1. The van der Waals surface area contributed by atoms with Crippen molar-refractivity contribution >= 4 is 5.69 Å². The maximum Gasteiger partial charge on any atom is 0.416 e. The summed E-state index contributed by atoms with van der Waals surface area (Å²) in [5.41, 5.74) is 1.80. The molecule has 0 bridgehead atoms. The summed E-state index contributed by atoms with van der Waals surface area (Å²) < 4.78 is 44.0. The molecule has 2 aromatic carbocycles. The molecule has 1 aliphatic heterocycles. The highest BCUT2D eigenvalue weighted by Crippen LogP contribution is 2.40. The Morgan fingerprint density at radius 3 is 2.68 bits per heavy atom. The first-order valence-electron chi connectivity index (χ1n) is 7.17. The molecular formula is C17H16F3NO. The zero-order valence-corrected chi connectivity index (χ0v) is 12.1. The van der Waals surface area contributed by atoms with Crippen LogP contribution in [0.2, 0.25) is 0 Å². The van der Waals surface area contributed by atoms with E-state index in [1.165, 1.54) is 12.1 Å².